The molecule has 0 saturated heterocycles. The van der Waals surface area contributed by atoms with Gasteiger partial charge in [-0.1, -0.05) is 56.6 Å². The van der Waals surface area contributed by atoms with Crippen LogP contribution in [-0.2, 0) is 13.0 Å². The molecule has 2 heterocycles. The molecule has 36 heavy (non-hydrogen) atoms. The van der Waals surface area contributed by atoms with E-state index in [9.17, 15) is 9.59 Å². The Morgan fingerprint density at radius 2 is 1.83 bits per heavy atom. The Kier molecular flexibility index (Phi) is 7.86. The number of amides is 2. The monoisotopic (exact) mass is 521 g/mol. The average molecular weight is 522 g/mol. The minimum atomic E-state index is -0.353. The number of halogens is 1. The third kappa shape index (κ3) is 5.50. The van der Waals surface area contributed by atoms with Crippen LogP contribution in [0.5, 0.6) is 0 Å². The van der Waals surface area contributed by atoms with E-state index >= 15 is 0 Å². The van der Waals surface area contributed by atoms with Crippen LogP contribution in [0.4, 0.5) is 10.5 Å². The second kappa shape index (κ2) is 11.1. The lowest BCUT2D eigenvalue weighted by atomic mass is 10.0. The molecule has 0 aliphatic heterocycles. The number of benzene rings is 2. The highest BCUT2D eigenvalue weighted by molar-refractivity contribution is 7.15. The van der Waals surface area contributed by atoms with Crippen molar-refractivity contribution in [1.29, 1.82) is 0 Å². The predicted octanol–water partition coefficient (Wildman–Crippen LogP) is 6.53. The zero-order chi connectivity index (χ0) is 25.8. The average Bonchev–Trinajstić information content (AvgIpc) is 3.46. The number of urea groups is 1. The fourth-order valence-electron chi connectivity index (χ4n) is 3.82. The summed E-state index contributed by atoms with van der Waals surface area (Å²) < 4.78 is 1.89. The van der Waals surface area contributed by atoms with Crippen LogP contribution in [0, 0.1) is 6.92 Å². The number of aromatic nitrogens is 3. The first kappa shape index (κ1) is 25.6. The molecule has 0 atom stereocenters. The van der Waals surface area contributed by atoms with Crippen molar-refractivity contribution in [2.24, 2.45) is 0 Å². The smallest absolute Gasteiger partial charge is 0.319 e. The van der Waals surface area contributed by atoms with Crippen LogP contribution in [0.25, 0.3) is 5.00 Å². The fraction of sp³-hybridized carbons (Fsp3) is 0.259. The van der Waals surface area contributed by atoms with Crippen LogP contribution < -0.4 is 10.6 Å². The summed E-state index contributed by atoms with van der Waals surface area (Å²) in [7, 11) is 0. The molecule has 2 amide bonds. The topological polar surface area (TPSA) is 88.9 Å². The van der Waals surface area contributed by atoms with Crippen LogP contribution in [-0.4, -0.2) is 26.6 Å². The Hall–Kier alpha value is -3.49. The number of carbonyl (C=O) groups is 2. The first-order valence-electron chi connectivity index (χ1n) is 11.8. The molecule has 0 saturated carbocycles. The Labute approximate surface area is 219 Å². The van der Waals surface area contributed by atoms with E-state index in [2.05, 4.69) is 20.8 Å². The summed E-state index contributed by atoms with van der Waals surface area (Å²) in [5, 5.41) is 15.6. The summed E-state index contributed by atoms with van der Waals surface area (Å²) in [5.74, 6) is 1.13. The Morgan fingerprint density at radius 1 is 1.06 bits per heavy atom. The minimum absolute atomic E-state index is 0.0443. The van der Waals surface area contributed by atoms with Crippen molar-refractivity contribution in [2.45, 2.75) is 46.6 Å². The van der Waals surface area contributed by atoms with E-state index in [-0.39, 0.29) is 24.3 Å². The van der Waals surface area contributed by atoms with Gasteiger partial charge >= 0.3 is 6.03 Å². The van der Waals surface area contributed by atoms with Gasteiger partial charge in [-0.3, -0.25) is 9.36 Å². The molecule has 4 aromatic rings. The standard InChI is InChI=1S/C27H28ClN5O2S/c1-5-19-14-21(24(34)20-11-6-7-12-22(20)28)26(36-19)33-23(31-32-25(33)16(2)3)15-29-27(35)30-18-10-8-9-17(4)13-18/h6-14,16H,5,15H2,1-4H3,(H2,29,30,35). The number of anilines is 1. The molecule has 0 fully saturated rings. The van der Waals surface area contributed by atoms with Gasteiger partial charge in [0, 0.05) is 22.0 Å². The van der Waals surface area contributed by atoms with Gasteiger partial charge in [0.05, 0.1) is 17.1 Å². The van der Waals surface area contributed by atoms with Crippen LogP contribution in [0.3, 0.4) is 0 Å². The van der Waals surface area contributed by atoms with Gasteiger partial charge in [-0.25, -0.2) is 4.79 Å². The van der Waals surface area contributed by atoms with Gasteiger partial charge in [-0.05, 0) is 49.2 Å². The van der Waals surface area contributed by atoms with Crippen LogP contribution in [0.1, 0.15) is 64.7 Å². The maximum absolute atomic E-state index is 13.6. The zero-order valence-electron chi connectivity index (χ0n) is 20.6. The summed E-state index contributed by atoms with van der Waals surface area (Å²) in [6.45, 7) is 8.19. The summed E-state index contributed by atoms with van der Waals surface area (Å²) in [4.78, 5) is 27.2. The molecule has 4 rings (SSSR count). The van der Waals surface area contributed by atoms with Crippen molar-refractivity contribution in [1.82, 2.24) is 20.1 Å². The summed E-state index contributed by atoms with van der Waals surface area (Å²) in [6, 6.07) is 16.2. The lowest BCUT2D eigenvalue weighted by molar-refractivity contribution is 0.103. The van der Waals surface area contributed by atoms with Gasteiger partial charge in [-0.2, -0.15) is 0 Å². The second-order valence-electron chi connectivity index (χ2n) is 8.74. The zero-order valence-corrected chi connectivity index (χ0v) is 22.2. The van der Waals surface area contributed by atoms with Crippen molar-refractivity contribution < 1.29 is 9.59 Å². The van der Waals surface area contributed by atoms with Gasteiger partial charge < -0.3 is 10.6 Å². The first-order valence-corrected chi connectivity index (χ1v) is 13.0. The molecule has 0 radical (unpaired) electrons. The van der Waals surface area contributed by atoms with Crippen LogP contribution in [0.15, 0.2) is 54.6 Å². The van der Waals surface area contributed by atoms with Crippen molar-refractivity contribution in [3.05, 3.63) is 92.8 Å². The number of aryl methyl sites for hydroxylation is 2. The Bertz CT molecular complexity index is 1410. The van der Waals surface area contributed by atoms with Gasteiger partial charge in [-0.15, -0.1) is 21.5 Å². The number of hydrogen-bond donors (Lipinski definition) is 2. The van der Waals surface area contributed by atoms with E-state index in [4.69, 9.17) is 11.6 Å². The maximum atomic E-state index is 13.6. The Balaban J connectivity index is 1.68. The molecule has 2 aromatic heterocycles. The highest BCUT2D eigenvalue weighted by Crippen LogP contribution is 2.33. The first-order chi connectivity index (χ1) is 17.3. The Morgan fingerprint density at radius 3 is 2.53 bits per heavy atom. The van der Waals surface area contributed by atoms with E-state index < -0.39 is 0 Å². The number of ketones is 1. The minimum Gasteiger partial charge on any atom is -0.331 e. The SMILES string of the molecule is CCc1cc(C(=O)c2ccccc2Cl)c(-n2c(CNC(=O)Nc3cccc(C)c3)nnc2C(C)C)s1. The maximum Gasteiger partial charge on any atom is 0.319 e. The highest BCUT2D eigenvalue weighted by Gasteiger charge is 2.25. The number of carbonyl (C=O) groups excluding carboxylic acids is 2. The molecule has 186 valence electrons. The molecule has 0 bridgehead atoms. The summed E-state index contributed by atoms with van der Waals surface area (Å²) >= 11 is 7.88. The van der Waals surface area contributed by atoms with E-state index in [1.165, 1.54) is 11.3 Å². The third-order valence-corrected chi connectivity index (χ3v) is 7.23. The predicted molar refractivity (Wildman–Crippen MR) is 145 cm³/mol. The highest BCUT2D eigenvalue weighted by atomic mass is 35.5. The molecular formula is C27H28ClN5O2S. The van der Waals surface area contributed by atoms with Crippen LogP contribution in [0.2, 0.25) is 5.02 Å². The molecule has 7 nitrogen and oxygen atoms in total. The number of rotatable bonds is 8. The molecule has 0 spiro atoms. The van der Waals surface area contributed by atoms with E-state index in [0.29, 0.717) is 33.5 Å². The molecule has 0 unspecified atom stereocenters. The van der Waals surface area contributed by atoms with Crippen molar-refractivity contribution in [3.63, 3.8) is 0 Å². The largest absolute Gasteiger partial charge is 0.331 e. The second-order valence-corrected chi connectivity index (χ2v) is 10.3. The summed E-state index contributed by atoms with van der Waals surface area (Å²) in [5.41, 5.74) is 2.74. The van der Waals surface area contributed by atoms with Gasteiger partial charge in [0.15, 0.2) is 11.6 Å². The number of nitrogens with zero attached hydrogens (tertiary/aromatic N) is 3. The number of nitrogens with one attached hydrogen (secondary N) is 2. The third-order valence-electron chi connectivity index (χ3n) is 5.63. The van der Waals surface area contributed by atoms with Crippen LogP contribution >= 0.6 is 22.9 Å². The molecule has 0 aliphatic carbocycles. The van der Waals surface area contributed by atoms with E-state index in [0.717, 1.165) is 21.9 Å². The van der Waals surface area contributed by atoms with Gasteiger partial charge in [0.1, 0.15) is 10.8 Å². The normalized spacial score (nSPS) is 11.1. The molecule has 9 heteroatoms. The van der Waals surface area contributed by atoms with Gasteiger partial charge in [0.2, 0.25) is 0 Å². The molecule has 2 aromatic carbocycles. The lowest BCUT2D eigenvalue weighted by Crippen LogP contribution is -2.29. The van der Waals surface area contributed by atoms with Crippen molar-refractivity contribution in [3.8, 4) is 5.00 Å². The molecule has 2 N–H and O–H groups in total. The number of thiophene rings is 1. The lowest BCUT2D eigenvalue weighted by Gasteiger charge is -2.14. The fourth-order valence-corrected chi connectivity index (χ4v) is 5.16. The molecule has 0 aliphatic rings. The van der Waals surface area contributed by atoms with E-state index in [1.807, 2.05) is 62.6 Å². The van der Waals surface area contributed by atoms with Crippen molar-refractivity contribution >= 4 is 40.4 Å². The number of hydrogen-bond acceptors (Lipinski definition) is 5. The van der Waals surface area contributed by atoms with E-state index in [1.54, 1.807) is 24.3 Å². The van der Waals surface area contributed by atoms with Gasteiger partial charge in [0.25, 0.3) is 0 Å². The molecular weight excluding hydrogens is 494 g/mol. The summed E-state index contributed by atoms with van der Waals surface area (Å²) in [6.07, 6.45) is 0.777. The quantitative estimate of drug-likeness (QED) is 0.258. The van der Waals surface area contributed by atoms with Crippen molar-refractivity contribution in [2.75, 3.05) is 5.32 Å².